The molecule has 3 atom stereocenters. The normalized spacial score (nSPS) is 20.0. The number of carbonyl (C=O) groups is 9. The lowest BCUT2D eigenvalue weighted by atomic mass is 10.1. The van der Waals surface area contributed by atoms with Gasteiger partial charge in [0.2, 0.25) is 53.2 Å². The summed E-state index contributed by atoms with van der Waals surface area (Å²) in [7, 11) is 0. The highest BCUT2D eigenvalue weighted by molar-refractivity contribution is 5.96. The minimum atomic E-state index is -1.41. The Bertz CT molecular complexity index is 1180. The fourth-order valence-electron chi connectivity index (χ4n) is 4.18. The lowest BCUT2D eigenvalue weighted by Gasteiger charge is -2.26. The molecule has 21 heteroatoms. The Morgan fingerprint density at radius 3 is 1.21 bits per heavy atom. The van der Waals surface area contributed by atoms with Crippen LogP contribution in [-0.2, 0) is 43.2 Å². The fraction of sp³-hybridized carbons (Fsp3) is 0.667. The Kier molecular flexibility index (Phi) is 18.1. The molecule has 270 valence electrons. The third kappa shape index (κ3) is 16.1. The first-order valence-electron chi connectivity index (χ1n) is 15.1. The number of nitrogens with zero attached hydrogens (tertiary/aromatic N) is 3. The molecule has 0 bridgehead atoms. The molecule has 9 amide bonds. The summed E-state index contributed by atoms with van der Waals surface area (Å²) in [4.78, 5) is 111. The quantitative estimate of drug-likeness (QED) is 0.0698. The summed E-state index contributed by atoms with van der Waals surface area (Å²) in [6.07, 6.45) is -0.483. The summed E-state index contributed by atoms with van der Waals surface area (Å²) in [6.45, 7) is 0.894. The van der Waals surface area contributed by atoms with Crippen molar-refractivity contribution >= 4 is 53.2 Å². The number of nitrogens with one attached hydrogen (secondary N) is 6. The third-order valence-corrected chi connectivity index (χ3v) is 6.91. The Labute approximate surface area is 275 Å². The van der Waals surface area contributed by atoms with E-state index < -0.39 is 90.9 Å². The molecule has 1 rings (SSSR count). The molecule has 0 saturated carbocycles. The molecule has 0 spiro atoms. The molecular formula is C27H45N9O12. The highest BCUT2D eigenvalue weighted by atomic mass is 16.5. The van der Waals surface area contributed by atoms with E-state index in [0.717, 1.165) is 20.8 Å². The van der Waals surface area contributed by atoms with E-state index >= 15 is 0 Å². The Morgan fingerprint density at radius 1 is 0.521 bits per heavy atom. The van der Waals surface area contributed by atoms with Crippen LogP contribution in [0.1, 0.15) is 59.3 Å². The number of hydroxylamine groups is 6. The van der Waals surface area contributed by atoms with Gasteiger partial charge >= 0.3 is 0 Å². The van der Waals surface area contributed by atoms with Crippen LogP contribution in [0.4, 0.5) is 0 Å². The van der Waals surface area contributed by atoms with E-state index in [1.165, 1.54) is 0 Å². The van der Waals surface area contributed by atoms with Crippen molar-refractivity contribution in [3.63, 3.8) is 0 Å². The second kappa shape index (κ2) is 21.1. The van der Waals surface area contributed by atoms with Crippen LogP contribution >= 0.6 is 0 Å². The number of amides is 9. The summed E-state index contributed by atoms with van der Waals surface area (Å²) >= 11 is 0. The molecule has 1 heterocycles. The number of hydrogen-bond acceptors (Lipinski definition) is 12. The predicted molar refractivity (Wildman–Crippen MR) is 160 cm³/mol. The second-order valence-electron chi connectivity index (χ2n) is 10.9. The van der Waals surface area contributed by atoms with E-state index in [1.54, 1.807) is 0 Å². The molecule has 48 heavy (non-hydrogen) atoms. The molecule has 1 aliphatic heterocycles. The Balaban J connectivity index is 3.36. The van der Waals surface area contributed by atoms with Crippen LogP contribution < -0.4 is 31.9 Å². The Morgan fingerprint density at radius 2 is 0.833 bits per heavy atom. The molecule has 0 aliphatic carbocycles. The van der Waals surface area contributed by atoms with Gasteiger partial charge in [-0.25, -0.2) is 15.2 Å². The maximum Gasteiger partial charge on any atom is 0.243 e. The molecule has 1 fully saturated rings. The summed E-state index contributed by atoms with van der Waals surface area (Å²) in [6, 6.07) is -4.11. The second-order valence-corrected chi connectivity index (χ2v) is 10.9. The van der Waals surface area contributed by atoms with Gasteiger partial charge < -0.3 is 31.9 Å². The van der Waals surface area contributed by atoms with Crippen LogP contribution in [0.5, 0.6) is 0 Å². The summed E-state index contributed by atoms with van der Waals surface area (Å²) in [5, 5.41) is 44.5. The zero-order chi connectivity index (χ0) is 36.4. The van der Waals surface area contributed by atoms with Crippen LogP contribution in [-0.4, -0.2) is 141 Å². The SMILES string of the molecule is CC(=O)N(O)CCC[C@@H]1NC(=O)CNC(=O)CNC(=O)CNC(=O)[C@@H](CCCN(O)C(C)=O)NC(=O)[C@H](CCCN(O)C(C)=O)NC1=O. The van der Waals surface area contributed by atoms with Crippen molar-refractivity contribution < 1.29 is 58.8 Å². The highest BCUT2D eigenvalue weighted by Gasteiger charge is 2.30. The average molecular weight is 688 g/mol. The van der Waals surface area contributed by atoms with Crippen LogP contribution in [0, 0.1) is 0 Å². The van der Waals surface area contributed by atoms with Crippen molar-refractivity contribution in [1.29, 1.82) is 0 Å². The topological polar surface area (TPSA) is 296 Å². The predicted octanol–water partition coefficient (Wildman–Crippen LogP) is -4.14. The smallest absolute Gasteiger partial charge is 0.243 e. The zero-order valence-corrected chi connectivity index (χ0v) is 27.1. The maximum absolute atomic E-state index is 13.5. The van der Waals surface area contributed by atoms with Gasteiger partial charge in [-0.15, -0.1) is 0 Å². The van der Waals surface area contributed by atoms with E-state index in [2.05, 4.69) is 31.9 Å². The van der Waals surface area contributed by atoms with Gasteiger partial charge in [0.05, 0.1) is 19.6 Å². The maximum atomic E-state index is 13.5. The van der Waals surface area contributed by atoms with E-state index in [-0.39, 0.29) is 58.2 Å². The molecule has 1 aliphatic rings. The van der Waals surface area contributed by atoms with Crippen LogP contribution in [0.25, 0.3) is 0 Å². The van der Waals surface area contributed by atoms with E-state index in [9.17, 15) is 58.8 Å². The first-order chi connectivity index (χ1) is 22.5. The standard InChI is InChI=1S/C27H45N9O12/c1-16(37)34(46)10-4-7-19-25(43)30-14-23(41)28-13-22(40)29-15-24(42)31-20(8-5-11-35(47)17(2)38)26(44)33-21(27(45)32-19)9-6-12-36(48)18(3)39/h19-21,46-48H,4-15H2,1-3H3,(H,28,41)(H,29,40)(H,30,43)(H,31,42)(H,32,45)(H,33,44)/t19-,20+,21+/m1/s1. The van der Waals surface area contributed by atoms with Gasteiger partial charge in [-0.3, -0.25) is 58.8 Å². The monoisotopic (exact) mass is 687 g/mol. The fourth-order valence-corrected chi connectivity index (χ4v) is 4.18. The molecule has 1 saturated heterocycles. The van der Waals surface area contributed by atoms with Crippen molar-refractivity contribution in [3.8, 4) is 0 Å². The van der Waals surface area contributed by atoms with Crippen molar-refractivity contribution in [2.75, 3.05) is 39.3 Å². The van der Waals surface area contributed by atoms with E-state index in [4.69, 9.17) is 0 Å². The molecule has 0 aromatic rings. The van der Waals surface area contributed by atoms with Gasteiger partial charge in [0, 0.05) is 40.4 Å². The van der Waals surface area contributed by atoms with Crippen LogP contribution in [0.15, 0.2) is 0 Å². The largest absolute Gasteiger partial charge is 0.346 e. The summed E-state index contributed by atoms with van der Waals surface area (Å²) in [5.41, 5.74) is 0. The van der Waals surface area contributed by atoms with Gasteiger partial charge in [0.1, 0.15) is 18.1 Å². The summed E-state index contributed by atoms with van der Waals surface area (Å²) < 4.78 is 0. The lowest BCUT2D eigenvalue weighted by molar-refractivity contribution is -0.163. The van der Waals surface area contributed by atoms with E-state index in [1.807, 2.05) is 0 Å². The van der Waals surface area contributed by atoms with E-state index in [0.29, 0.717) is 15.2 Å². The van der Waals surface area contributed by atoms with Gasteiger partial charge in [-0.1, -0.05) is 0 Å². The van der Waals surface area contributed by atoms with Crippen molar-refractivity contribution in [1.82, 2.24) is 47.1 Å². The molecule has 0 unspecified atom stereocenters. The number of hydrogen-bond donors (Lipinski definition) is 9. The minimum Gasteiger partial charge on any atom is -0.346 e. The van der Waals surface area contributed by atoms with Gasteiger partial charge in [-0.2, -0.15) is 0 Å². The van der Waals surface area contributed by atoms with Crippen molar-refractivity contribution in [2.45, 2.75) is 77.4 Å². The third-order valence-electron chi connectivity index (χ3n) is 6.91. The van der Waals surface area contributed by atoms with Crippen molar-refractivity contribution in [3.05, 3.63) is 0 Å². The van der Waals surface area contributed by atoms with Crippen LogP contribution in [0.3, 0.4) is 0 Å². The van der Waals surface area contributed by atoms with Gasteiger partial charge in [-0.05, 0) is 38.5 Å². The zero-order valence-electron chi connectivity index (χ0n) is 27.1. The summed E-state index contributed by atoms with van der Waals surface area (Å²) in [5.74, 6) is -7.02. The highest BCUT2D eigenvalue weighted by Crippen LogP contribution is 2.07. The average Bonchev–Trinajstić information content (AvgIpc) is 3.02. The molecule has 21 nitrogen and oxygen atoms in total. The van der Waals surface area contributed by atoms with Crippen molar-refractivity contribution in [2.24, 2.45) is 0 Å². The van der Waals surface area contributed by atoms with Gasteiger partial charge in [0.25, 0.3) is 0 Å². The molecule has 0 aromatic heterocycles. The van der Waals surface area contributed by atoms with Crippen LogP contribution in [0.2, 0.25) is 0 Å². The minimum absolute atomic E-state index is 0.00612. The Hall–Kier alpha value is -4.89. The number of carbonyl (C=O) groups excluding carboxylic acids is 9. The molecular weight excluding hydrogens is 642 g/mol. The number of rotatable bonds is 12. The lowest BCUT2D eigenvalue weighted by Crippen LogP contribution is -2.58. The first kappa shape index (κ1) is 41.1. The molecule has 0 aromatic carbocycles. The van der Waals surface area contributed by atoms with Gasteiger partial charge in [0.15, 0.2) is 0 Å². The molecule has 0 radical (unpaired) electrons. The molecule has 9 N–H and O–H groups in total. The first-order valence-corrected chi connectivity index (χ1v) is 15.1.